The van der Waals surface area contributed by atoms with Crippen molar-refractivity contribution >= 4 is 21.5 Å². The van der Waals surface area contributed by atoms with Crippen LogP contribution >= 0.6 is 0 Å². The van der Waals surface area contributed by atoms with E-state index >= 15 is 0 Å². The van der Waals surface area contributed by atoms with Gasteiger partial charge in [0.25, 0.3) is 0 Å². The molecule has 2 heterocycles. The molecule has 2 aromatic rings. The van der Waals surface area contributed by atoms with E-state index in [1.54, 1.807) is 18.2 Å². The van der Waals surface area contributed by atoms with Crippen LogP contribution in [0.3, 0.4) is 0 Å². The summed E-state index contributed by atoms with van der Waals surface area (Å²) >= 11 is 0. The minimum Gasteiger partial charge on any atom is -0.355 e. The first-order valence-electron chi connectivity index (χ1n) is 7.18. The molecule has 0 spiro atoms. The Balaban J connectivity index is 1.83. The van der Waals surface area contributed by atoms with Crippen molar-refractivity contribution in [1.82, 2.24) is 10.2 Å². The summed E-state index contributed by atoms with van der Waals surface area (Å²) in [6.45, 7) is 2.06. The van der Waals surface area contributed by atoms with Gasteiger partial charge < -0.3 is 4.90 Å². The zero-order chi connectivity index (χ0) is 15.6. The van der Waals surface area contributed by atoms with E-state index in [-0.39, 0.29) is 0 Å². The average molecular weight is 318 g/mol. The van der Waals surface area contributed by atoms with Crippen molar-refractivity contribution in [1.29, 1.82) is 0 Å². The summed E-state index contributed by atoms with van der Waals surface area (Å²) in [5, 5.41) is 8.54. The second kappa shape index (κ2) is 5.92. The molecule has 1 fully saturated rings. The highest BCUT2D eigenvalue weighted by Gasteiger charge is 2.14. The van der Waals surface area contributed by atoms with Crippen LogP contribution in [0.4, 0.5) is 11.5 Å². The number of anilines is 2. The molecule has 7 heteroatoms. The van der Waals surface area contributed by atoms with Gasteiger partial charge in [-0.25, -0.2) is 8.42 Å². The van der Waals surface area contributed by atoms with Gasteiger partial charge >= 0.3 is 0 Å². The molecule has 1 aromatic heterocycles. The van der Waals surface area contributed by atoms with E-state index in [9.17, 15) is 8.42 Å². The molecule has 1 aliphatic rings. The molecule has 3 rings (SSSR count). The molecule has 0 aliphatic carbocycles. The summed E-state index contributed by atoms with van der Waals surface area (Å²) < 4.78 is 25.1. The molecule has 0 unspecified atom stereocenters. The largest absolute Gasteiger partial charge is 0.355 e. The molecule has 0 amide bonds. The number of nitrogens with zero attached hydrogens (tertiary/aromatic N) is 3. The summed E-state index contributed by atoms with van der Waals surface area (Å²) in [4.78, 5) is 2.22. The monoisotopic (exact) mass is 318 g/mol. The Morgan fingerprint density at radius 3 is 2.50 bits per heavy atom. The van der Waals surface area contributed by atoms with E-state index in [1.165, 1.54) is 12.8 Å². The molecule has 0 atom stereocenters. The summed E-state index contributed by atoms with van der Waals surface area (Å²) in [7, 11) is -3.29. The number of hydrogen-bond donors (Lipinski definition) is 1. The fourth-order valence-corrected chi connectivity index (χ4v) is 3.11. The molecule has 116 valence electrons. The molecule has 1 saturated heterocycles. The third-order valence-electron chi connectivity index (χ3n) is 3.54. The van der Waals surface area contributed by atoms with Crippen LogP contribution in [0.1, 0.15) is 12.8 Å². The maximum Gasteiger partial charge on any atom is 0.229 e. The van der Waals surface area contributed by atoms with Gasteiger partial charge in [-0.05, 0) is 37.1 Å². The van der Waals surface area contributed by atoms with Gasteiger partial charge in [-0.2, -0.15) is 0 Å². The first-order chi connectivity index (χ1) is 10.5. The van der Waals surface area contributed by atoms with Gasteiger partial charge in [0.2, 0.25) is 10.0 Å². The van der Waals surface area contributed by atoms with E-state index in [0.717, 1.165) is 36.4 Å². The zero-order valence-corrected chi connectivity index (χ0v) is 13.2. The summed E-state index contributed by atoms with van der Waals surface area (Å²) in [5.74, 6) is 0.895. The van der Waals surface area contributed by atoms with E-state index < -0.39 is 10.0 Å². The summed E-state index contributed by atoms with van der Waals surface area (Å²) in [6.07, 6.45) is 3.52. The fourth-order valence-electron chi connectivity index (χ4n) is 2.55. The quantitative estimate of drug-likeness (QED) is 0.934. The van der Waals surface area contributed by atoms with Crippen LogP contribution in [-0.4, -0.2) is 38.0 Å². The Bertz CT molecular complexity index is 753. The van der Waals surface area contributed by atoms with Gasteiger partial charge in [0.1, 0.15) is 0 Å². The van der Waals surface area contributed by atoms with Crippen LogP contribution in [0.25, 0.3) is 11.3 Å². The third kappa shape index (κ3) is 3.54. The minimum atomic E-state index is -3.29. The molecule has 1 aromatic carbocycles. The molecule has 22 heavy (non-hydrogen) atoms. The number of benzene rings is 1. The molecule has 0 bridgehead atoms. The van der Waals surface area contributed by atoms with Crippen molar-refractivity contribution in [3.63, 3.8) is 0 Å². The first-order valence-corrected chi connectivity index (χ1v) is 9.07. The maximum atomic E-state index is 11.3. The lowest BCUT2D eigenvalue weighted by molar-refractivity contribution is 0.607. The van der Waals surface area contributed by atoms with Gasteiger partial charge in [-0.1, -0.05) is 12.1 Å². The Hall–Kier alpha value is -2.15. The van der Waals surface area contributed by atoms with E-state index in [1.807, 2.05) is 18.2 Å². The predicted molar refractivity (Wildman–Crippen MR) is 87.4 cm³/mol. The van der Waals surface area contributed by atoms with Crippen molar-refractivity contribution in [2.75, 3.05) is 29.0 Å². The predicted octanol–water partition coefficient (Wildman–Crippen LogP) is 2.12. The van der Waals surface area contributed by atoms with Gasteiger partial charge in [0, 0.05) is 24.3 Å². The summed E-state index contributed by atoms with van der Waals surface area (Å²) in [6, 6.07) is 11.0. The smallest absolute Gasteiger partial charge is 0.229 e. The number of nitrogens with one attached hydrogen (secondary N) is 1. The van der Waals surface area contributed by atoms with E-state index in [4.69, 9.17) is 0 Å². The van der Waals surface area contributed by atoms with Crippen molar-refractivity contribution in [2.45, 2.75) is 12.8 Å². The highest BCUT2D eigenvalue weighted by atomic mass is 32.2. The Labute approximate surface area is 130 Å². The van der Waals surface area contributed by atoms with Crippen molar-refractivity contribution < 1.29 is 8.42 Å². The molecular formula is C15H18N4O2S. The lowest BCUT2D eigenvalue weighted by atomic mass is 10.1. The first kappa shape index (κ1) is 14.8. The van der Waals surface area contributed by atoms with Gasteiger partial charge in [0.15, 0.2) is 5.82 Å². The van der Waals surface area contributed by atoms with E-state index in [0.29, 0.717) is 5.69 Å². The van der Waals surface area contributed by atoms with Crippen LogP contribution in [0, 0.1) is 0 Å². The lowest BCUT2D eigenvalue weighted by Crippen LogP contribution is -2.19. The standard InChI is InChI=1S/C15H18N4O2S/c1-22(20,21)18-13-6-4-5-12(11-13)14-7-8-15(17-16-14)19-9-2-3-10-19/h4-8,11,18H,2-3,9-10H2,1H3. The van der Waals surface area contributed by atoms with Crippen LogP contribution in [0.15, 0.2) is 36.4 Å². The summed E-state index contributed by atoms with van der Waals surface area (Å²) in [5.41, 5.74) is 2.07. The molecule has 0 saturated carbocycles. The van der Waals surface area contributed by atoms with Crippen LogP contribution in [0.5, 0.6) is 0 Å². The Morgan fingerprint density at radius 2 is 1.86 bits per heavy atom. The highest BCUT2D eigenvalue weighted by Crippen LogP contribution is 2.23. The minimum absolute atomic E-state index is 0.519. The van der Waals surface area contributed by atoms with E-state index in [2.05, 4.69) is 19.8 Å². The second-order valence-electron chi connectivity index (χ2n) is 5.43. The Morgan fingerprint density at radius 1 is 1.09 bits per heavy atom. The normalized spacial score (nSPS) is 15.0. The van der Waals surface area contributed by atoms with Crippen LogP contribution in [-0.2, 0) is 10.0 Å². The number of hydrogen-bond acceptors (Lipinski definition) is 5. The topological polar surface area (TPSA) is 75.2 Å². The fraction of sp³-hybridized carbons (Fsp3) is 0.333. The lowest BCUT2D eigenvalue weighted by Gasteiger charge is -2.15. The number of aromatic nitrogens is 2. The third-order valence-corrected chi connectivity index (χ3v) is 4.15. The molecular weight excluding hydrogens is 300 g/mol. The van der Waals surface area contributed by atoms with Gasteiger partial charge in [-0.15, -0.1) is 10.2 Å². The average Bonchev–Trinajstić information content (AvgIpc) is 3.00. The molecule has 6 nitrogen and oxygen atoms in total. The molecule has 1 aliphatic heterocycles. The van der Waals surface area contributed by atoms with Crippen molar-refractivity contribution in [3.8, 4) is 11.3 Å². The maximum absolute atomic E-state index is 11.3. The van der Waals surface area contributed by atoms with Crippen LogP contribution < -0.4 is 9.62 Å². The zero-order valence-electron chi connectivity index (χ0n) is 12.4. The van der Waals surface area contributed by atoms with Gasteiger partial charge in [-0.3, -0.25) is 4.72 Å². The number of rotatable bonds is 4. The van der Waals surface area contributed by atoms with Crippen molar-refractivity contribution in [2.24, 2.45) is 0 Å². The van der Waals surface area contributed by atoms with Crippen LogP contribution in [0.2, 0.25) is 0 Å². The molecule has 0 radical (unpaired) electrons. The van der Waals surface area contributed by atoms with Crippen molar-refractivity contribution in [3.05, 3.63) is 36.4 Å². The Kier molecular flexibility index (Phi) is 3.98. The highest BCUT2D eigenvalue weighted by molar-refractivity contribution is 7.92. The SMILES string of the molecule is CS(=O)(=O)Nc1cccc(-c2ccc(N3CCCC3)nn2)c1. The molecule has 1 N–H and O–H groups in total. The number of sulfonamides is 1. The van der Waals surface area contributed by atoms with Gasteiger partial charge in [0.05, 0.1) is 11.9 Å². The second-order valence-corrected chi connectivity index (χ2v) is 7.17.